The van der Waals surface area contributed by atoms with E-state index in [4.69, 9.17) is 4.74 Å². The molecule has 0 aliphatic carbocycles. The van der Waals surface area contributed by atoms with Crippen LogP contribution in [0.15, 0.2) is 48.5 Å². The number of nitrogens with zero attached hydrogens (tertiary/aromatic N) is 1. The molecule has 0 bridgehead atoms. The van der Waals surface area contributed by atoms with E-state index in [2.05, 4.69) is 41.4 Å². The zero-order valence-corrected chi connectivity index (χ0v) is 16.4. The lowest BCUT2D eigenvalue weighted by molar-refractivity contribution is 0.0937. The van der Waals surface area contributed by atoms with Gasteiger partial charge >= 0.3 is 0 Å². The van der Waals surface area contributed by atoms with E-state index in [1.165, 1.54) is 24.0 Å². The van der Waals surface area contributed by atoms with Crippen LogP contribution in [0.1, 0.15) is 54.2 Å². The van der Waals surface area contributed by atoms with Crippen molar-refractivity contribution in [1.82, 2.24) is 10.2 Å². The first-order valence-electron chi connectivity index (χ1n) is 10.0. The van der Waals surface area contributed by atoms with Gasteiger partial charge in [0.15, 0.2) is 0 Å². The number of likely N-dealkylation sites (tertiary alicyclic amines) is 1. The van der Waals surface area contributed by atoms with Crippen molar-refractivity contribution in [3.05, 3.63) is 65.2 Å². The first kappa shape index (κ1) is 19.4. The quantitative estimate of drug-likeness (QED) is 0.761. The average Bonchev–Trinajstić information content (AvgIpc) is 3.23. The van der Waals surface area contributed by atoms with Gasteiger partial charge in [-0.05, 0) is 68.6 Å². The van der Waals surface area contributed by atoms with Gasteiger partial charge < -0.3 is 10.1 Å². The van der Waals surface area contributed by atoms with E-state index in [9.17, 15) is 4.79 Å². The van der Waals surface area contributed by atoms with E-state index >= 15 is 0 Å². The Hall–Kier alpha value is -2.33. The maximum atomic E-state index is 12.7. The van der Waals surface area contributed by atoms with E-state index in [1.54, 1.807) is 6.07 Å². The van der Waals surface area contributed by atoms with Crippen molar-refractivity contribution in [1.29, 1.82) is 0 Å². The second-order valence-corrected chi connectivity index (χ2v) is 7.02. The van der Waals surface area contributed by atoms with Crippen molar-refractivity contribution in [3.63, 3.8) is 0 Å². The molecule has 144 valence electrons. The summed E-state index contributed by atoms with van der Waals surface area (Å²) in [6, 6.07) is 16.4. The van der Waals surface area contributed by atoms with Gasteiger partial charge in [-0.3, -0.25) is 9.69 Å². The number of rotatable bonds is 8. The van der Waals surface area contributed by atoms with Crippen LogP contribution < -0.4 is 10.1 Å². The molecule has 1 heterocycles. The first-order chi connectivity index (χ1) is 13.2. The van der Waals surface area contributed by atoms with Crippen LogP contribution in [-0.2, 0) is 6.42 Å². The number of nitrogens with one attached hydrogen (secondary N) is 1. The molecule has 1 aliphatic rings. The number of benzene rings is 2. The Kier molecular flexibility index (Phi) is 6.88. The molecule has 0 spiro atoms. The second kappa shape index (κ2) is 9.56. The molecular weight excluding hydrogens is 336 g/mol. The highest BCUT2D eigenvalue weighted by Gasteiger charge is 2.24. The smallest absolute Gasteiger partial charge is 0.251 e. The van der Waals surface area contributed by atoms with Crippen molar-refractivity contribution in [3.8, 4) is 5.75 Å². The molecule has 4 heteroatoms. The minimum Gasteiger partial charge on any atom is -0.494 e. The summed E-state index contributed by atoms with van der Waals surface area (Å²) in [5.41, 5.74) is 3.26. The van der Waals surface area contributed by atoms with Gasteiger partial charge in [0.05, 0.1) is 12.6 Å². The number of ether oxygens (including phenoxy) is 1. The molecule has 1 atom stereocenters. The van der Waals surface area contributed by atoms with Crippen LogP contribution in [0.25, 0.3) is 0 Å². The summed E-state index contributed by atoms with van der Waals surface area (Å²) in [5.74, 6) is 0.683. The van der Waals surface area contributed by atoms with E-state index in [0.29, 0.717) is 18.7 Å². The normalized spacial score (nSPS) is 15.5. The Morgan fingerprint density at radius 3 is 2.52 bits per heavy atom. The first-order valence-corrected chi connectivity index (χ1v) is 10.0. The van der Waals surface area contributed by atoms with Crippen LogP contribution in [0.4, 0.5) is 0 Å². The highest BCUT2D eigenvalue weighted by molar-refractivity contribution is 5.94. The summed E-state index contributed by atoms with van der Waals surface area (Å²) >= 11 is 0. The highest BCUT2D eigenvalue weighted by atomic mass is 16.5. The molecule has 1 N–H and O–H groups in total. The maximum Gasteiger partial charge on any atom is 0.251 e. The molecule has 1 saturated heterocycles. The van der Waals surface area contributed by atoms with Gasteiger partial charge in [-0.15, -0.1) is 0 Å². The second-order valence-electron chi connectivity index (χ2n) is 7.02. The molecule has 1 fully saturated rings. The van der Waals surface area contributed by atoms with Crippen LogP contribution >= 0.6 is 0 Å². The number of amides is 1. The largest absolute Gasteiger partial charge is 0.494 e. The fourth-order valence-corrected chi connectivity index (χ4v) is 3.67. The van der Waals surface area contributed by atoms with Gasteiger partial charge in [-0.2, -0.15) is 0 Å². The van der Waals surface area contributed by atoms with Crippen molar-refractivity contribution in [2.24, 2.45) is 0 Å². The predicted molar refractivity (Wildman–Crippen MR) is 109 cm³/mol. The zero-order valence-electron chi connectivity index (χ0n) is 16.4. The Morgan fingerprint density at radius 1 is 1.11 bits per heavy atom. The molecule has 1 unspecified atom stereocenters. The summed E-state index contributed by atoms with van der Waals surface area (Å²) in [4.78, 5) is 15.2. The lowest BCUT2D eigenvalue weighted by Gasteiger charge is -2.28. The molecule has 27 heavy (non-hydrogen) atoms. The summed E-state index contributed by atoms with van der Waals surface area (Å²) in [6.07, 6.45) is 3.50. The molecule has 0 radical (unpaired) electrons. The lowest BCUT2D eigenvalue weighted by Crippen LogP contribution is -2.36. The zero-order chi connectivity index (χ0) is 19.1. The average molecular weight is 367 g/mol. The standard InChI is InChI=1S/C23H30N2O2/c1-3-18-10-12-19(13-11-18)22(25-14-5-6-15-25)17-24-23(26)20-8-7-9-21(16-20)27-4-2/h7-13,16,22H,3-6,14-15,17H2,1-2H3,(H,24,26). The number of carbonyl (C=O) groups is 1. The number of hydrogen-bond acceptors (Lipinski definition) is 3. The molecule has 3 rings (SSSR count). The summed E-state index contributed by atoms with van der Waals surface area (Å²) < 4.78 is 5.51. The van der Waals surface area contributed by atoms with Gasteiger partial charge in [0.25, 0.3) is 5.91 Å². The number of hydrogen-bond donors (Lipinski definition) is 1. The fourth-order valence-electron chi connectivity index (χ4n) is 3.67. The van der Waals surface area contributed by atoms with Gasteiger partial charge in [0.1, 0.15) is 5.75 Å². The van der Waals surface area contributed by atoms with Crippen molar-refractivity contribution >= 4 is 5.91 Å². The minimum absolute atomic E-state index is 0.0501. The van der Waals surface area contributed by atoms with Crippen LogP contribution in [-0.4, -0.2) is 37.0 Å². The fraction of sp³-hybridized carbons (Fsp3) is 0.435. The summed E-state index contributed by atoms with van der Waals surface area (Å²) in [7, 11) is 0. The van der Waals surface area contributed by atoms with Crippen LogP contribution in [0, 0.1) is 0 Å². The number of carbonyl (C=O) groups excluding carboxylic acids is 1. The molecule has 0 saturated carbocycles. The summed E-state index contributed by atoms with van der Waals surface area (Å²) in [6.45, 7) is 7.51. The van der Waals surface area contributed by atoms with E-state index in [0.717, 1.165) is 25.3 Å². The van der Waals surface area contributed by atoms with Crippen molar-refractivity contribution < 1.29 is 9.53 Å². The maximum absolute atomic E-state index is 12.7. The number of aryl methyl sites for hydroxylation is 1. The third-order valence-corrected chi connectivity index (χ3v) is 5.22. The third kappa shape index (κ3) is 5.10. The van der Waals surface area contributed by atoms with E-state index < -0.39 is 0 Å². The highest BCUT2D eigenvalue weighted by Crippen LogP contribution is 2.25. The minimum atomic E-state index is -0.0501. The van der Waals surface area contributed by atoms with Crippen LogP contribution in [0.2, 0.25) is 0 Å². The van der Waals surface area contributed by atoms with Gasteiger partial charge in [0, 0.05) is 12.1 Å². The van der Waals surface area contributed by atoms with Gasteiger partial charge in [-0.1, -0.05) is 37.3 Å². The van der Waals surface area contributed by atoms with Crippen molar-refractivity contribution in [2.75, 3.05) is 26.2 Å². The SMILES string of the molecule is CCOc1cccc(C(=O)NCC(c2ccc(CC)cc2)N2CCCC2)c1. The summed E-state index contributed by atoms with van der Waals surface area (Å²) in [5, 5.41) is 3.14. The van der Waals surface area contributed by atoms with Crippen LogP contribution in [0.5, 0.6) is 5.75 Å². The predicted octanol–water partition coefficient (Wildman–Crippen LogP) is 4.21. The van der Waals surface area contributed by atoms with E-state index in [1.807, 2.05) is 25.1 Å². The van der Waals surface area contributed by atoms with Gasteiger partial charge in [0.2, 0.25) is 0 Å². The van der Waals surface area contributed by atoms with Gasteiger partial charge in [-0.25, -0.2) is 0 Å². The Bertz CT molecular complexity index is 736. The topological polar surface area (TPSA) is 41.6 Å². The Labute approximate surface area is 162 Å². The molecular formula is C23H30N2O2. The lowest BCUT2D eigenvalue weighted by atomic mass is 10.0. The Balaban J connectivity index is 1.70. The molecule has 0 aromatic heterocycles. The molecule has 2 aromatic rings. The van der Waals surface area contributed by atoms with Crippen molar-refractivity contribution in [2.45, 2.75) is 39.2 Å². The molecule has 2 aromatic carbocycles. The molecule has 1 amide bonds. The third-order valence-electron chi connectivity index (χ3n) is 5.22. The van der Waals surface area contributed by atoms with Crippen LogP contribution in [0.3, 0.4) is 0 Å². The van der Waals surface area contributed by atoms with E-state index in [-0.39, 0.29) is 11.9 Å². The Morgan fingerprint density at radius 2 is 1.85 bits per heavy atom. The molecule has 1 aliphatic heterocycles. The monoisotopic (exact) mass is 366 g/mol. The molecule has 4 nitrogen and oxygen atoms in total.